The normalized spacial score (nSPS) is 12.5. The summed E-state index contributed by atoms with van der Waals surface area (Å²) in [6.45, 7) is 0. The fourth-order valence-corrected chi connectivity index (χ4v) is 1.84. The van der Waals surface area contributed by atoms with Crippen LogP contribution in [0.5, 0.6) is 0 Å². The van der Waals surface area contributed by atoms with Crippen molar-refractivity contribution in [3.05, 3.63) is 70.0 Å². The van der Waals surface area contributed by atoms with E-state index in [9.17, 15) is 18.3 Å². The van der Waals surface area contributed by atoms with E-state index < -0.39 is 23.6 Å². The first-order chi connectivity index (χ1) is 8.97. The molecule has 0 saturated heterocycles. The highest BCUT2D eigenvalue weighted by atomic mass is 35.5. The maximum atomic E-state index is 13.2. The zero-order valence-corrected chi connectivity index (χ0v) is 10.5. The van der Waals surface area contributed by atoms with Crippen molar-refractivity contribution < 1.29 is 18.3 Å². The maximum Gasteiger partial charge on any atom is 0.159 e. The Morgan fingerprint density at radius 2 is 1.68 bits per heavy atom. The van der Waals surface area contributed by atoms with Gasteiger partial charge in [0.15, 0.2) is 11.6 Å². The third-order valence-electron chi connectivity index (χ3n) is 2.74. The van der Waals surface area contributed by atoms with Crippen molar-refractivity contribution >= 4 is 11.6 Å². The molecule has 0 amide bonds. The minimum Gasteiger partial charge on any atom is -0.388 e. The molecule has 2 aromatic carbocycles. The van der Waals surface area contributed by atoms with Crippen LogP contribution in [0.4, 0.5) is 13.2 Å². The summed E-state index contributed by atoms with van der Waals surface area (Å²) in [5.41, 5.74) is 0.744. The van der Waals surface area contributed by atoms with Crippen LogP contribution < -0.4 is 0 Å². The Kier molecular flexibility index (Phi) is 4.12. The molecule has 100 valence electrons. The first-order valence-corrected chi connectivity index (χ1v) is 5.92. The molecule has 0 fully saturated rings. The van der Waals surface area contributed by atoms with Crippen LogP contribution >= 0.6 is 11.6 Å². The molecular weight excluding hydrogens is 277 g/mol. The summed E-state index contributed by atoms with van der Waals surface area (Å²) in [6, 6.07) is 7.29. The first-order valence-electron chi connectivity index (χ1n) is 5.54. The van der Waals surface area contributed by atoms with Crippen LogP contribution in [0.25, 0.3) is 0 Å². The lowest BCUT2D eigenvalue weighted by Gasteiger charge is -2.11. The second-order valence-electron chi connectivity index (χ2n) is 4.14. The van der Waals surface area contributed by atoms with Gasteiger partial charge in [-0.2, -0.15) is 0 Å². The second-order valence-corrected chi connectivity index (χ2v) is 4.55. The molecule has 0 saturated carbocycles. The van der Waals surface area contributed by atoms with Gasteiger partial charge < -0.3 is 5.11 Å². The number of rotatable bonds is 3. The summed E-state index contributed by atoms with van der Waals surface area (Å²) in [7, 11) is 0. The Morgan fingerprint density at radius 3 is 2.32 bits per heavy atom. The van der Waals surface area contributed by atoms with Crippen molar-refractivity contribution in [2.75, 3.05) is 0 Å². The molecule has 0 aliphatic carbocycles. The fraction of sp³-hybridized carbons (Fsp3) is 0.143. The molecule has 1 unspecified atom stereocenters. The highest BCUT2D eigenvalue weighted by Crippen LogP contribution is 2.22. The first kappa shape index (κ1) is 13.9. The van der Waals surface area contributed by atoms with E-state index in [1.54, 1.807) is 6.07 Å². The van der Waals surface area contributed by atoms with Gasteiger partial charge in [-0.25, -0.2) is 13.2 Å². The van der Waals surface area contributed by atoms with Gasteiger partial charge in [0.2, 0.25) is 0 Å². The minimum absolute atomic E-state index is 0.00827. The highest BCUT2D eigenvalue weighted by molar-refractivity contribution is 6.30. The molecule has 2 rings (SSSR count). The van der Waals surface area contributed by atoms with Gasteiger partial charge in [-0.05, 0) is 35.4 Å². The summed E-state index contributed by atoms with van der Waals surface area (Å²) < 4.78 is 39.0. The lowest BCUT2D eigenvalue weighted by atomic mass is 10.0. The van der Waals surface area contributed by atoms with Gasteiger partial charge in [-0.1, -0.05) is 23.7 Å². The van der Waals surface area contributed by atoms with Gasteiger partial charge in [0.05, 0.1) is 11.1 Å². The van der Waals surface area contributed by atoms with Crippen LogP contribution in [0.2, 0.25) is 5.02 Å². The van der Waals surface area contributed by atoms with Crippen LogP contribution in [0.15, 0.2) is 36.4 Å². The molecule has 5 heteroatoms. The second kappa shape index (κ2) is 5.63. The minimum atomic E-state index is -1.05. The predicted octanol–water partition coefficient (Wildman–Crippen LogP) is 4.03. The molecule has 0 bridgehead atoms. The average Bonchev–Trinajstić information content (AvgIpc) is 2.37. The van der Waals surface area contributed by atoms with Crippen LogP contribution in [0.1, 0.15) is 17.2 Å². The maximum absolute atomic E-state index is 13.2. The van der Waals surface area contributed by atoms with Crippen LogP contribution in [0, 0.1) is 17.5 Å². The Bertz CT molecular complexity index is 601. The number of hydrogen-bond donors (Lipinski definition) is 1. The van der Waals surface area contributed by atoms with E-state index in [1.165, 1.54) is 18.2 Å². The molecule has 2 aromatic rings. The quantitative estimate of drug-likeness (QED) is 0.903. The molecule has 0 spiro atoms. The molecule has 0 aliphatic rings. The molecule has 1 nitrogen and oxygen atoms in total. The number of halogens is 4. The van der Waals surface area contributed by atoms with Crippen molar-refractivity contribution in [1.82, 2.24) is 0 Å². The van der Waals surface area contributed by atoms with Crippen molar-refractivity contribution in [3.8, 4) is 0 Å². The lowest BCUT2D eigenvalue weighted by Crippen LogP contribution is -2.03. The van der Waals surface area contributed by atoms with Crippen molar-refractivity contribution in [1.29, 1.82) is 0 Å². The predicted molar refractivity (Wildman–Crippen MR) is 66.4 cm³/mol. The summed E-state index contributed by atoms with van der Waals surface area (Å²) in [5, 5.41) is 9.90. The van der Waals surface area contributed by atoms with E-state index in [0.717, 1.165) is 12.1 Å². The van der Waals surface area contributed by atoms with Gasteiger partial charge in [-0.15, -0.1) is 0 Å². The largest absolute Gasteiger partial charge is 0.388 e. The number of benzene rings is 2. The van der Waals surface area contributed by atoms with E-state index in [2.05, 4.69) is 0 Å². The molecule has 0 heterocycles. The fourth-order valence-electron chi connectivity index (χ4n) is 1.73. The Morgan fingerprint density at radius 1 is 0.947 bits per heavy atom. The van der Waals surface area contributed by atoms with Crippen LogP contribution in [-0.2, 0) is 6.42 Å². The van der Waals surface area contributed by atoms with E-state index in [-0.39, 0.29) is 17.0 Å². The number of aliphatic hydroxyl groups is 1. The van der Waals surface area contributed by atoms with Crippen LogP contribution in [-0.4, -0.2) is 5.11 Å². The molecule has 1 atom stereocenters. The zero-order chi connectivity index (χ0) is 14.0. The summed E-state index contributed by atoms with van der Waals surface area (Å²) >= 11 is 5.54. The average molecular weight is 287 g/mol. The molecule has 19 heavy (non-hydrogen) atoms. The van der Waals surface area contributed by atoms with E-state index in [4.69, 9.17) is 11.6 Å². The Balaban J connectivity index is 2.17. The molecule has 1 N–H and O–H groups in total. The standard InChI is InChI=1S/C14H10ClF3O/c15-10-3-1-8(5-12(10)17)6-14(19)9-2-4-11(16)13(18)7-9/h1-5,7,14,19H,6H2. The van der Waals surface area contributed by atoms with Crippen molar-refractivity contribution in [2.45, 2.75) is 12.5 Å². The van der Waals surface area contributed by atoms with Gasteiger partial charge >= 0.3 is 0 Å². The van der Waals surface area contributed by atoms with Gasteiger partial charge in [0, 0.05) is 6.42 Å². The van der Waals surface area contributed by atoms with Crippen molar-refractivity contribution in [2.24, 2.45) is 0 Å². The summed E-state index contributed by atoms with van der Waals surface area (Å²) in [5.74, 6) is -2.59. The summed E-state index contributed by atoms with van der Waals surface area (Å²) in [6.07, 6.45) is -0.963. The van der Waals surface area contributed by atoms with E-state index in [1.807, 2.05) is 0 Å². The van der Waals surface area contributed by atoms with Gasteiger partial charge in [0.1, 0.15) is 5.82 Å². The highest BCUT2D eigenvalue weighted by Gasteiger charge is 2.12. The van der Waals surface area contributed by atoms with Crippen molar-refractivity contribution in [3.63, 3.8) is 0 Å². The topological polar surface area (TPSA) is 20.2 Å². The lowest BCUT2D eigenvalue weighted by molar-refractivity contribution is 0.177. The Labute approximate surface area is 113 Å². The Hall–Kier alpha value is -1.52. The number of aliphatic hydroxyl groups excluding tert-OH is 1. The molecule has 0 aromatic heterocycles. The molecule has 0 aliphatic heterocycles. The third-order valence-corrected chi connectivity index (χ3v) is 3.05. The third kappa shape index (κ3) is 3.28. The van der Waals surface area contributed by atoms with E-state index >= 15 is 0 Å². The smallest absolute Gasteiger partial charge is 0.159 e. The molecular formula is C14H10ClF3O. The molecule has 0 radical (unpaired) electrons. The monoisotopic (exact) mass is 286 g/mol. The van der Waals surface area contributed by atoms with Gasteiger partial charge in [0.25, 0.3) is 0 Å². The number of hydrogen-bond acceptors (Lipinski definition) is 1. The zero-order valence-electron chi connectivity index (χ0n) is 9.71. The van der Waals surface area contributed by atoms with E-state index in [0.29, 0.717) is 5.56 Å². The summed E-state index contributed by atoms with van der Waals surface area (Å²) in [4.78, 5) is 0. The van der Waals surface area contributed by atoms with Crippen LogP contribution in [0.3, 0.4) is 0 Å². The van der Waals surface area contributed by atoms with Gasteiger partial charge in [-0.3, -0.25) is 0 Å². The SMILES string of the molecule is OC(Cc1ccc(Cl)c(F)c1)c1ccc(F)c(F)c1.